The molecule has 0 aliphatic heterocycles. The molecule has 0 saturated heterocycles. The maximum atomic E-state index is 5.68. The average molecular weight is 225 g/mol. The first kappa shape index (κ1) is 9.77. The lowest BCUT2D eigenvalue weighted by atomic mass is 10.3. The van der Waals surface area contributed by atoms with Gasteiger partial charge in [0.1, 0.15) is 11.5 Å². The molecule has 0 amide bonds. The fourth-order valence-corrected chi connectivity index (χ4v) is 1.83. The SMILES string of the molecule is Cn1c(-c2cccc(N)n2)nc2ncccc21. The van der Waals surface area contributed by atoms with E-state index in [1.54, 1.807) is 12.3 Å². The van der Waals surface area contributed by atoms with Crippen LogP contribution in [0.15, 0.2) is 36.5 Å². The Morgan fingerprint density at radius 3 is 2.76 bits per heavy atom. The smallest absolute Gasteiger partial charge is 0.178 e. The first-order chi connectivity index (χ1) is 8.25. The Kier molecular flexibility index (Phi) is 2.04. The van der Waals surface area contributed by atoms with E-state index in [1.165, 1.54) is 0 Å². The molecular weight excluding hydrogens is 214 g/mol. The van der Waals surface area contributed by atoms with Gasteiger partial charge < -0.3 is 10.3 Å². The monoisotopic (exact) mass is 225 g/mol. The molecule has 3 heterocycles. The fourth-order valence-electron chi connectivity index (χ4n) is 1.83. The summed E-state index contributed by atoms with van der Waals surface area (Å²) in [5, 5.41) is 0. The molecule has 0 atom stereocenters. The minimum Gasteiger partial charge on any atom is -0.384 e. The Bertz CT molecular complexity index is 686. The summed E-state index contributed by atoms with van der Waals surface area (Å²) in [5.41, 5.74) is 8.13. The molecule has 3 aromatic heterocycles. The number of pyridine rings is 2. The van der Waals surface area contributed by atoms with Crippen molar-refractivity contribution < 1.29 is 0 Å². The van der Waals surface area contributed by atoms with E-state index in [-0.39, 0.29) is 0 Å². The Morgan fingerprint density at radius 2 is 2.00 bits per heavy atom. The van der Waals surface area contributed by atoms with Crippen LogP contribution in [0, 0.1) is 0 Å². The molecule has 2 N–H and O–H groups in total. The van der Waals surface area contributed by atoms with Crippen molar-refractivity contribution in [2.45, 2.75) is 0 Å². The molecule has 84 valence electrons. The summed E-state index contributed by atoms with van der Waals surface area (Å²) in [6.45, 7) is 0. The number of anilines is 1. The predicted octanol–water partition coefficient (Wildman–Crippen LogP) is 1.61. The van der Waals surface area contributed by atoms with Gasteiger partial charge in [-0.25, -0.2) is 15.0 Å². The number of nitrogens with zero attached hydrogens (tertiary/aromatic N) is 4. The number of aromatic nitrogens is 4. The molecule has 0 aliphatic rings. The van der Waals surface area contributed by atoms with Gasteiger partial charge in [-0.05, 0) is 24.3 Å². The van der Waals surface area contributed by atoms with Crippen molar-refractivity contribution in [3.8, 4) is 11.5 Å². The van der Waals surface area contributed by atoms with Gasteiger partial charge >= 0.3 is 0 Å². The average Bonchev–Trinajstić information content (AvgIpc) is 2.68. The summed E-state index contributed by atoms with van der Waals surface area (Å²) in [6.07, 6.45) is 1.73. The molecule has 3 rings (SSSR count). The van der Waals surface area contributed by atoms with Gasteiger partial charge in [0, 0.05) is 13.2 Å². The Morgan fingerprint density at radius 1 is 1.12 bits per heavy atom. The van der Waals surface area contributed by atoms with Crippen LogP contribution in [-0.2, 0) is 7.05 Å². The fraction of sp³-hybridized carbons (Fsp3) is 0.0833. The van der Waals surface area contributed by atoms with Gasteiger partial charge in [-0.1, -0.05) is 6.07 Å². The number of aryl methyl sites for hydroxylation is 1. The highest BCUT2D eigenvalue weighted by Gasteiger charge is 2.11. The summed E-state index contributed by atoms with van der Waals surface area (Å²) < 4.78 is 1.96. The summed E-state index contributed by atoms with van der Waals surface area (Å²) in [7, 11) is 1.94. The van der Waals surface area contributed by atoms with E-state index in [2.05, 4.69) is 15.0 Å². The second-order valence-electron chi connectivity index (χ2n) is 3.79. The molecule has 0 saturated carbocycles. The molecule has 0 unspecified atom stereocenters. The van der Waals surface area contributed by atoms with Gasteiger partial charge in [0.2, 0.25) is 0 Å². The molecule has 5 nitrogen and oxygen atoms in total. The summed E-state index contributed by atoms with van der Waals surface area (Å²) in [5.74, 6) is 1.26. The minimum absolute atomic E-state index is 0.488. The molecule has 0 spiro atoms. The van der Waals surface area contributed by atoms with Gasteiger partial charge in [-0.3, -0.25) is 0 Å². The van der Waals surface area contributed by atoms with E-state index in [1.807, 2.05) is 35.9 Å². The van der Waals surface area contributed by atoms with Crippen LogP contribution in [0.1, 0.15) is 0 Å². The van der Waals surface area contributed by atoms with Crippen LogP contribution < -0.4 is 5.73 Å². The third-order valence-corrected chi connectivity index (χ3v) is 2.66. The Labute approximate surface area is 98.0 Å². The molecule has 0 radical (unpaired) electrons. The largest absolute Gasteiger partial charge is 0.384 e. The van der Waals surface area contributed by atoms with Crippen molar-refractivity contribution in [3.63, 3.8) is 0 Å². The molecule has 0 bridgehead atoms. The van der Waals surface area contributed by atoms with E-state index in [9.17, 15) is 0 Å². The molecule has 0 aliphatic carbocycles. The van der Waals surface area contributed by atoms with Crippen molar-refractivity contribution in [1.82, 2.24) is 19.5 Å². The lowest BCUT2D eigenvalue weighted by Gasteiger charge is -2.01. The van der Waals surface area contributed by atoms with Gasteiger partial charge in [0.15, 0.2) is 11.5 Å². The number of nitrogens with two attached hydrogens (primary N) is 1. The number of imidazole rings is 1. The zero-order valence-corrected chi connectivity index (χ0v) is 9.33. The summed E-state index contributed by atoms with van der Waals surface area (Å²) >= 11 is 0. The van der Waals surface area contributed by atoms with E-state index in [4.69, 9.17) is 5.73 Å². The number of hydrogen-bond donors (Lipinski definition) is 1. The quantitative estimate of drug-likeness (QED) is 0.683. The first-order valence-corrected chi connectivity index (χ1v) is 5.26. The van der Waals surface area contributed by atoms with Crippen LogP contribution in [0.4, 0.5) is 5.82 Å². The topological polar surface area (TPSA) is 69.6 Å². The number of fused-ring (bicyclic) bond motifs is 1. The predicted molar refractivity (Wildman–Crippen MR) is 66.2 cm³/mol. The van der Waals surface area contributed by atoms with Crippen LogP contribution in [-0.4, -0.2) is 19.5 Å². The van der Waals surface area contributed by atoms with Crippen molar-refractivity contribution in [3.05, 3.63) is 36.5 Å². The van der Waals surface area contributed by atoms with E-state index >= 15 is 0 Å². The second kappa shape index (κ2) is 3.55. The highest BCUT2D eigenvalue weighted by molar-refractivity contribution is 5.76. The number of hydrogen-bond acceptors (Lipinski definition) is 4. The van der Waals surface area contributed by atoms with Gasteiger partial charge in [0.05, 0.1) is 5.52 Å². The van der Waals surface area contributed by atoms with E-state index in [0.717, 1.165) is 17.0 Å². The zero-order valence-electron chi connectivity index (χ0n) is 9.33. The van der Waals surface area contributed by atoms with Crippen LogP contribution in [0.25, 0.3) is 22.7 Å². The Balaban J connectivity index is 2.27. The van der Waals surface area contributed by atoms with Gasteiger partial charge in [-0.15, -0.1) is 0 Å². The van der Waals surface area contributed by atoms with E-state index in [0.29, 0.717) is 11.5 Å². The third-order valence-electron chi connectivity index (χ3n) is 2.66. The van der Waals surface area contributed by atoms with Crippen LogP contribution >= 0.6 is 0 Å². The van der Waals surface area contributed by atoms with Gasteiger partial charge in [0.25, 0.3) is 0 Å². The lowest BCUT2D eigenvalue weighted by Crippen LogP contribution is -1.97. The molecule has 5 heteroatoms. The molecule has 0 aromatic carbocycles. The van der Waals surface area contributed by atoms with Crippen molar-refractivity contribution in [1.29, 1.82) is 0 Å². The molecule has 3 aromatic rings. The maximum Gasteiger partial charge on any atom is 0.178 e. The highest BCUT2D eigenvalue weighted by Crippen LogP contribution is 2.21. The first-order valence-electron chi connectivity index (χ1n) is 5.26. The number of nitrogen functional groups attached to an aromatic ring is 1. The van der Waals surface area contributed by atoms with Gasteiger partial charge in [-0.2, -0.15) is 0 Å². The Hall–Kier alpha value is -2.43. The lowest BCUT2D eigenvalue weighted by molar-refractivity contribution is 0.951. The van der Waals surface area contributed by atoms with Crippen molar-refractivity contribution >= 4 is 17.0 Å². The van der Waals surface area contributed by atoms with Crippen molar-refractivity contribution in [2.75, 3.05) is 5.73 Å². The number of rotatable bonds is 1. The summed E-state index contributed by atoms with van der Waals surface area (Å²) in [4.78, 5) is 12.9. The van der Waals surface area contributed by atoms with Crippen LogP contribution in [0.2, 0.25) is 0 Å². The van der Waals surface area contributed by atoms with Crippen molar-refractivity contribution in [2.24, 2.45) is 7.05 Å². The maximum absolute atomic E-state index is 5.68. The standard InChI is InChI=1S/C12H11N5/c1-17-9-5-3-7-14-11(9)16-12(17)8-4-2-6-10(13)15-8/h2-7H,1H3,(H2,13,15). The highest BCUT2D eigenvalue weighted by atomic mass is 15.1. The minimum atomic E-state index is 0.488. The zero-order chi connectivity index (χ0) is 11.8. The molecule has 0 fully saturated rings. The molecular formula is C12H11N5. The second-order valence-corrected chi connectivity index (χ2v) is 3.79. The third kappa shape index (κ3) is 1.52. The molecule has 17 heavy (non-hydrogen) atoms. The van der Waals surface area contributed by atoms with E-state index < -0.39 is 0 Å². The van der Waals surface area contributed by atoms with Crippen LogP contribution in [0.3, 0.4) is 0 Å². The van der Waals surface area contributed by atoms with Crippen LogP contribution in [0.5, 0.6) is 0 Å². The normalized spacial score (nSPS) is 10.9. The summed E-state index contributed by atoms with van der Waals surface area (Å²) in [6, 6.07) is 9.37.